The number of carbonyl (C=O) groups is 1. The Morgan fingerprint density at radius 3 is 2.57 bits per heavy atom. The van der Waals surface area contributed by atoms with E-state index in [1.165, 1.54) is 31.4 Å². The molecule has 1 aromatic heterocycles. The Kier molecular flexibility index (Phi) is 5.47. The van der Waals surface area contributed by atoms with Gasteiger partial charge in [0.25, 0.3) is 0 Å². The number of para-hydroxylation sites is 1. The van der Waals surface area contributed by atoms with E-state index in [1.807, 2.05) is 19.2 Å². The molecule has 0 aliphatic heterocycles. The standard InChI is InChI=1S/C24H27FN2O/c1-27-16-22(20-9-5-6-10-23(20)27)21(17-11-13-18(25)14-12-17)15-24(28)26-19-7-3-2-4-8-19/h5-6,9-14,16,19,21H,2-4,7-8,15H2,1H3,(H,26,28). The van der Waals surface area contributed by atoms with Crippen LogP contribution in [0.15, 0.2) is 54.7 Å². The number of halogens is 1. The zero-order valence-electron chi connectivity index (χ0n) is 16.3. The van der Waals surface area contributed by atoms with Crippen LogP contribution in [0, 0.1) is 5.82 Å². The molecular weight excluding hydrogens is 351 g/mol. The number of fused-ring (bicyclic) bond motifs is 1. The lowest BCUT2D eigenvalue weighted by Crippen LogP contribution is -2.36. The van der Waals surface area contributed by atoms with Gasteiger partial charge >= 0.3 is 0 Å². The molecule has 1 fully saturated rings. The zero-order chi connectivity index (χ0) is 19.5. The lowest BCUT2D eigenvalue weighted by Gasteiger charge is -2.24. The smallest absolute Gasteiger partial charge is 0.221 e. The molecular formula is C24H27FN2O. The Balaban J connectivity index is 1.65. The first-order chi connectivity index (χ1) is 13.6. The number of benzene rings is 2. The van der Waals surface area contributed by atoms with Gasteiger partial charge in [0.2, 0.25) is 5.91 Å². The van der Waals surface area contributed by atoms with Crippen molar-refractivity contribution in [1.29, 1.82) is 0 Å². The molecule has 1 saturated carbocycles. The number of rotatable bonds is 5. The van der Waals surface area contributed by atoms with Gasteiger partial charge in [-0.2, -0.15) is 0 Å². The molecule has 2 aromatic carbocycles. The van der Waals surface area contributed by atoms with Gasteiger partial charge in [-0.3, -0.25) is 4.79 Å². The van der Waals surface area contributed by atoms with E-state index in [-0.39, 0.29) is 17.6 Å². The van der Waals surface area contributed by atoms with Crippen LogP contribution in [0.4, 0.5) is 4.39 Å². The van der Waals surface area contributed by atoms with Gasteiger partial charge in [-0.1, -0.05) is 49.6 Å². The first-order valence-electron chi connectivity index (χ1n) is 10.2. The summed E-state index contributed by atoms with van der Waals surface area (Å²) in [6.07, 6.45) is 8.26. The third-order valence-corrected chi connectivity index (χ3v) is 5.94. The number of amides is 1. The fourth-order valence-corrected chi connectivity index (χ4v) is 4.47. The summed E-state index contributed by atoms with van der Waals surface area (Å²) in [7, 11) is 2.02. The second-order valence-electron chi connectivity index (χ2n) is 7.92. The first-order valence-corrected chi connectivity index (χ1v) is 10.2. The summed E-state index contributed by atoms with van der Waals surface area (Å²) in [5, 5.41) is 4.38. The van der Waals surface area contributed by atoms with E-state index >= 15 is 0 Å². The van der Waals surface area contributed by atoms with Gasteiger partial charge in [-0.05, 0) is 42.2 Å². The molecule has 146 valence electrons. The molecule has 1 aliphatic carbocycles. The van der Waals surface area contributed by atoms with E-state index in [0.717, 1.165) is 34.9 Å². The largest absolute Gasteiger partial charge is 0.353 e. The summed E-state index contributed by atoms with van der Waals surface area (Å²) < 4.78 is 15.6. The van der Waals surface area contributed by atoms with Gasteiger partial charge in [0.05, 0.1) is 0 Å². The van der Waals surface area contributed by atoms with Crippen LogP contribution < -0.4 is 5.32 Å². The van der Waals surface area contributed by atoms with Crippen molar-refractivity contribution in [3.05, 3.63) is 71.7 Å². The lowest BCUT2D eigenvalue weighted by molar-refractivity contribution is -0.122. The summed E-state index contributed by atoms with van der Waals surface area (Å²) in [6.45, 7) is 0. The van der Waals surface area contributed by atoms with E-state index in [4.69, 9.17) is 0 Å². The van der Waals surface area contributed by atoms with Crippen LogP contribution >= 0.6 is 0 Å². The molecule has 1 N–H and O–H groups in total. The van der Waals surface area contributed by atoms with Crippen LogP contribution in [0.1, 0.15) is 55.6 Å². The molecule has 3 aromatic rings. The molecule has 4 rings (SSSR count). The maximum Gasteiger partial charge on any atom is 0.221 e. The van der Waals surface area contributed by atoms with Gasteiger partial charge in [0.1, 0.15) is 5.82 Å². The highest BCUT2D eigenvalue weighted by Crippen LogP contribution is 2.34. The van der Waals surface area contributed by atoms with E-state index in [9.17, 15) is 9.18 Å². The second kappa shape index (κ2) is 8.17. The number of aryl methyl sites for hydroxylation is 1. The van der Waals surface area contributed by atoms with Crippen LogP contribution in [0.2, 0.25) is 0 Å². The predicted molar refractivity (Wildman–Crippen MR) is 111 cm³/mol. The van der Waals surface area contributed by atoms with Gasteiger partial charge < -0.3 is 9.88 Å². The quantitative estimate of drug-likeness (QED) is 0.643. The number of nitrogens with one attached hydrogen (secondary N) is 1. The Hall–Kier alpha value is -2.62. The number of nitrogens with zero attached hydrogens (tertiary/aromatic N) is 1. The zero-order valence-corrected chi connectivity index (χ0v) is 16.3. The maximum atomic E-state index is 13.5. The minimum atomic E-state index is -0.257. The van der Waals surface area contributed by atoms with Crippen molar-refractivity contribution >= 4 is 16.8 Å². The minimum absolute atomic E-state index is 0.0779. The van der Waals surface area contributed by atoms with Gasteiger partial charge in [0.15, 0.2) is 0 Å². The summed E-state index contributed by atoms with van der Waals surface area (Å²) >= 11 is 0. The summed E-state index contributed by atoms with van der Waals surface area (Å²) in [4.78, 5) is 12.9. The van der Waals surface area contributed by atoms with Crippen molar-refractivity contribution in [3.63, 3.8) is 0 Å². The van der Waals surface area contributed by atoms with Crippen LogP contribution in [-0.4, -0.2) is 16.5 Å². The molecule has 1 amide bonds. The molecule has 0 bridgehead atoms. The highest BCUT2D eigenvalue weighted by Gasteiger charge is 2.24. The number of hydrogen-bond acceptors (Lipinski definition) is 1. The highest BCUT2D eigenvalue weighted by atomic mass is 19.1. The summed E-state index contributed by atoms with van der Waals surface area (Å²) in [5.74, 6) is -0.281. The minimum Gasteiger partial charge on any atom is -0.353 e. The van der Waals surface area contributed by atoms with E-state index < -0.39 is 0 Å². The molecule has 1 unspecified atom stereocenters. The molecule has 1 atom stereocenters. The van der Waals surface area contributed by atoms with E-state index in [0.29, 0.717) is 12.5 Å². The Labute approximate surface area is 165 Å². The molecule has 1 aliphatic rings. The first kappa shape index (κ1) is 18.7. The van der Waals surface area contributed by atoms with Gasteiger partial charge in [-0.25, -0.2) is 4.39 Å². The molecule has 28 heavy (non-hydrogen) atoms. The van der Waals surface area contributed by atoms with Crippen molar-refractivity contribution in [2.45, 2.75) is 50.5 Å². The van der Waals surface area contributed by atoms with Crippen LogP contribution in [0.3, 0.4) is 0 Å². The monoisotopic (exact) mass is 378 g/mol. The lowest BCUT2D eigenvalue weighted by atomic mass is 9.87. The molecule has 3 nitrogen and oxygen atoms in total. The van der Waals surface area contributed by atoms with Crippen LogP contribution in [0.25, 0.3) is 10.9 Å². The Morgan fingerprint density at radius 2 is 1.82 bits per heavy atom. The van der Waals surface area contributed by atoms with E-state index in [1.54, 1.807) is 12.1 Å². The third-order valence-electron chi connectivity index (χ3n) is 5.94. The topological polar surface area (TPSA) is 34.0 Å². The fraction of sp³-hybridized carbons (Fsp3) is 0.375. The summed E-state index contributed by atoms with van der Waals surface area (Å²) in [6, 6.07) is 15.1. The fourth-order valence-electron chi connectivity index (χ4n) is 4.47. The molecule has 1 heterocycles. The highest BCUT2D eigenvalue weighted by molar-refractivity contribution is 5.86. The molecule has 0 radical (unpaired) electrons. The van der Waals surface area contributed by atoms with Crippen molar-refractivity contribution in [2.24, 2.45) is 7.05 Å². The Morgan fingerprint density at radius 1 is 1.11 bits per heavy atom. The number of hydrogen-bond donors (Lipinski definition) is 1. The number of aromatic nitrogens is 1. The van der Waals surface area contributed by atoms with Crippen molar-refractivity contribution in [2.75, 3.05) is 0 Å². The maximum absolute atomic E-state index is 13.5. The van der Waals surface area contributed by atoms with Gasteiger partial charge in [-0.15, -0.1) is 0 Å². The van der Waals surface area contributed by atoms with Gasteiger partial charge in [0, 0.05) is 42.5 Å². The normalized spacial score (nSPS) is 16.2. The Bertz CT molecular complexity index is 954. The van der Waals surface area contributed by atoms with Crippen LogP contribution in [-0.2, 0) is 11.8 Å². The molecule has 0 saturated heterocycles. The number of carbonyl (C=O) groups excluding carboxylic acids is 1. The van der Waals surface area contributed by atoms with Crippen molar-refractivity contribution in [1.82, 2.24) is 9.88 Å². The third kappa shape index (κ3) is 3.96. The average Bonchev–Trinajstić information content (AvgIpc) is 3.04. The molecule has 4 heteroatoms. The van der Waals surface area contributed by atoms with Crippen LogP contribution in [0.5, 0.6) is 0 Å². The summed E-state index contributed by atoms with van der Waals surface area (Å²) in [5.41, 5.74) is 3.22. The second-order valence-corrected chi connectivity index (χ2v) is 7.92. The average molecular weight is 378 g/mol. The molecule has 0 spiro atoms. The van der Waals surface area contributed by atoms with Crippen molar-refractivity contribution in [3.8, 4) is 0 Å². The van der Waals surface area contributed by atoms with E-state index in [2.05, 4.69) is 28.2 Å². The predicted octanol–water partition coefficient (Wildman–Crippen LogP) is 5.29. The van der Waals surface area contributed by atoms with Crippen molar-refractivity contribution < 1.29 is 9.18 Å². The SMILES string of the molecule is Cn1cc(C(CC(=O)NC2CCCCC2)c2ccc(F)cc2)c2ccccc21.